The van der Waals surface area contributed by atoms with E-state index in [1.165, 1.54) is 12.8 Å². The van der Waals surface area contributed by atoms with E-state index in [0.29, 0.717) is 20.3 Å². The Bertz CT molecular complexity index is 408. The van der Waals surface area contributed by atoms with Gasteiger partial charge in [0.05, 0.1) is 0 Å². The van der Waals surface area contributed by atoms with Gasteiger partial charge in [-0.15, -0.1) is 11.8 Å². The van der Waals surface area contributed by atoms with Crippen molar-refractivity contribution in [2.45, 2.75) is 77.7 Å². The molecule has 1 heterocycles. The van der Waals surface area contributed by atoms with E-state index in [4.69, 9.17) is 0 Å². The van der Waals surface area contributed by atoms with E-state index < -0.39 is 0 Å². The van der Waals surface area contributed by atoms with Gasteiger partial charge in [0.25, 0.3) is 0 Å². The fraction of sp³-hybridized carbons (Fsp3) is 1.00. The second-order valence-corrected chi connectivity index (χ2v) is 11.9. The normalized spacial score (nSPS) is 51.3. The zero-order valence-electron chi connectivity index (χ0n) is 14.1. The second kappa shape index (κ2) is 3.57. The lowest BCUT2D eigenvalue weighted by Crippen LogP contribution is -2.77. The highest BCUT2D eigenvalue weighted by molar-refractivity contribution is 8.02. The largest absolute Gasteiger partial charge is 0.149 e. The van der Waals surface area contributed by atoms with Gasteiger partial charge in [0.1, 0.15) is 0 Å². The molecule has 1 heteroatoms. The molecule has 5 unspecified atom stereocenters. The predicted octanol–water partition coefficient (Wildman–Crippen LogP) is 5.62. The molecule has 0 bridgehead atoms. The molecule has 0 N–H and O–H groups in total. The predicted molar refractivity (Wildman–Crippen MR) is 86.5 cm³/mol. The Balaban J connectivity index is 1.96. The van der Waals surface area contributed by atoms with E-state index in [9.17, 15) is 0 Å². The summed E-state index contributed by atoms with van der Waals surface area (Å²) >= 11 is 2.29. The molecule has 0 nitrogen and oxygen atoms in total. The lowest BCUT2D eigenvalue weighted by molar-refractivity contribution is -0.256. The highest BCUT2D eigenvalue weighted by atomic mass is 32.2. The third-order valence-electron chi connectivity index (χ3n) is 7.18. The van der Waals surface area contributed by atoms with Gasteiger partial charge in [-0.05, 0) is 47.3 Å². The average molecular weight is 281 g/mol. The Hall–Kier alpha value is 0.350. The molecule has 110 valence electrons. The summed E-state index contributed by atoms with van der Waals surface area (Å²) in [6.07, 6.45) is 2.89. The standard InChI is InChI=1S/C18H32S/c1-11(2)16(5,6)13-12-9-18(8)14(12)17(13,7)10-15(3,4)19-18/h11-14H,9-10H2,1-8H3. The molecule has 0 aromatic rings. The Morgan fingerprint density at radius 3 is 2.21 bits per heavy atom. The van der Waals surface area contributed by atoms with Gasteiger partial charge in [-0.2, -0.15) is 0 Å². The Morgan fingerprint density at radius 1 is 1.11 bits per heavy atom. The molecule has 3 fully saturated rings. The van der Waals surface area contributed by atoms with Crippen LogP contribution in [-0.2, 0) is 0 Å². The minimum Gasteiger partial charge on any atom is -0.149 e. The van der Waals surface area contributed by atoms with Crippen molar-refractivity contribution in [1.82, 2.24) is 0 Å². The van der Waals surface area contributed by atoms with Crippen LogP contribution in [0.3, 0.4) is 0 Å². The zero-order chi connectivity index (χ0) is 14.4. The summed E-state index contributed by atoms with van der Waals surface area (Å²) in [4.78, 5) is 0. The molecular formula is C18H32S. The van der Waals surface area contributed by atoms with Crippen molar-refractivity contribution >= 4 is 11.8 Å². The van der Waals surface area contributed by atoms with Crippen molar-refractivity contribution in [3.63, 3.8) is 0 Å². The Kier molecular flexibility index (Phi) is 2.68. The summed E-state index contributed by atoms with van der Waals surface area (Å²) in [6.45, 7) is 20.1. The molecule has 3 rings (SSSR count). The topological polar surface area (TPSA) is 0 Å². The van der Waals surface area contributed by atoms with Crippen LogP contribution in [0.5, 0.6) is 0 Å². The highest BCUT2D eigenvalue weighted by Crippen LogP contribution is 2.82. The molecule has 0 radical (unpaired) electrons. The van der Waals surface area contributed by atoms with Crippen LogP contribution < -0.4 is 0 Å². The van der Waals surface area contributed by atoms with E-state index >= 15 is 0 Å². The first kappa shape index (κ1) is 14.3. The van der Waals surface area contributed by atoms with E-state index in [2.05, 4.69) is 67.2 Å². The average Bonchev–Trinajstić information content (AvgIpc) is 2.09. The van der Waals surface area contributed by atoms with Crippen LogP contribution in [0.1, 0.15) is 68.2 Å². The first-order valence-corrected chi connectivity index (χ1v) is 8.96. The van der Waals surface area contributed by atoms with Gasteiger partial charge < -0.3 is 0 Å². The van der Waals surface area contributed by atoms with Crippen molar-refractivity contribution < 1.29 is 0 Å². The monoisotopic (exact) mass is 280 g/mol. The van der Waals surface area contributed by atoms with Crippen molar-refractivity contribution in [1.29, 1.82) is 0 Å². The summed E-state index contributed by atoms with van der Waals surface area (Å²) < 4.78 is 1.06. The minimum atomic E-state index is 0.469. The molecule has 1 aliphatic heterocycles. The minimum absolute atomic E-state index is 0.469. The van der Waals surface area contributed by atoms with Crippen molar-refractivity contribution in [2.24, 2.45) is 34.5 Å². The van der Waals surface area contributed by atoms with Gasteiger partial charge in [-0.1, -0.05) is 55.4 Å². The van der Waals surface area contributed by atoms with E-state index in [1.807, 2.05) is 0 Å². The van der Waals surface area contributed by atoms with Crippen LogP contribution in [0.15, 0.2) is 0 Å². The molecule has 0 spiro atoms. The van der Waals surface area contributed by atoms with Crippen molar-refractivity contribution in [2.75, 3.05) is 0 Å². The third-order valence-corrected chi connectivity index (χ3v) is 8.77. The number of hydrogen-bond donors (Lipinski definition) is 0. The van der Waals surface area contributed by atoms with Crippen LogP contribution in [-0.4, -0.2) is 9.49 Å². The molecular weight excluding hydrogens is 248 g/mol. The van der Waals surface area contributed by atoms with Gasteiger partial charge in [0.15, 0.2) is 0 Å². The first-order chi connectivity index (χ1) is 8.44. The first-order valence-electron chi connectivity index (χ1n) is 8.14. The summed E-state index contributed by atoms with van der Waals surface area (Å²) in [7, 11) is 0. The van der Waals surface area contributed by atoms with Crippen LogP contribution in [0.25, 0.3) is 0 Å². The number of rotatable bonds is 2. The van der Waals surface area contributed by atoms with Crippen LogP contribution in [0.4, 0.5) is 0 Å². The van der Waals surface area contributed by atoms with Crippen molar-refractivity contribution in [3.05, 3.63) is 0 Å². The van der Waals surface area contributed by atoms with E-state index in [0.717, 1.165) is 23.7 Å². The molecule has 3 aliphatic rings. The Morgan fingerprint density at radius 2 is 1.68 bits per heavy atom. The summed E-state index contributed by atoms with van der Waals surface area (Å²) in [5.74, 6) is 3.76. The van der Waals surface area contributed by atoms with Crippen LogP contribution in [0, 0.1) is 34.5 Å². The van der Waals surface area contributed by atoms with Gasteiger partial charge in [-0.25, -0.2) is 0 Å². The SMILES string of the molecule is CC(C)C(C)(C)C1C2CC3(C)SC(C)(C)CC1(C)C23. The third kappa shape index (κ3) is 1.60. The second-order valence-electron chi connectivity index (χ2n) is 9.66. The van der Waals surface area contributed by atoms with Gasteiger partial charge in [0.2, 0.25) is 0 Å². The maximum absolute atomic E-state index is 2.63. The summed E-state index contributed by atoms with van der Waals surface area (Å²) in [6, 6.07) is 0. The molecule has 2 aliphatic carbocycles. The maximum atomic E-state index is 2.63. The quantitative estimate of drug-likeness (QED) is 0.633. The molecule has 0 aromatic carbocycles. The van der Waals surface area contributed by atoms with Crippen LogP contribution >= 0.6 is 11.8 Å². The summed E-state index contributed by atoms with van der Waals surface area (Å²) in [5.41, 5.74) is 1.09. The van der Waals surface area contributed by atoms with Gasteiger partial charge >= 0.3 is 0 Å². The van der Waals surface area contributed by atoms with Crippen molar-refractivity contribution in [3.8, 4) is 0 Å². The maximum Gasteiger partial charge on any atom is 0.0176 e. The molecule has 2 saturated carbocycles. The number of thioether (sulfide) groups is 1. The lowest BCUT2D eigenvalue weighted by atomic mass is 9.30. The van der Waals surface area contributed by atoms with Gasteiger partial charge in [0, 0.05) is 9.49 Å². The van der Waals surface area contributed by atoms with Crippen LogP contribution in [0.2, 0.25) is 0 Å². The van der Waals surface area contributed by atoms with E-state index in [1.54, 1.807) is 0 Å². The fourth-order valence-corrected chi connectivity index (χ4v) is 9.23. The molecule has 1 saturated heterocycles. The summed E-state index contributed by atoms with van der Waals surface area (Å²) in [5, 5.41) is 0. The molecule has 0 aromatic heterocycles. The molecule has 0 amide bonds. The molecule has 19 heavy (non-hydrogen) atoms. The fourth-order valence-electron chi connectivity index (χ4n) is 6.74. The van der Waals surface area contributed by atoms with Gasteiger partial charge in [-0.3, -0.25) is 0 Å². The smallest absolute Gasteiger partial charge is 0.0176 e. The number of hydrogen-bond acceptors (Lipinski definition) is 1. The zero-order valence-corrected chi connectivity index (χ0v) is 14.9. The highest BCUT2D eigenvalue weighted by Gasteiger charge is 2.77. The van der Waals surface area contributed by atoms with E-state index in [-0.39, 0.29) is 0 Å². The Labute approximate surface area is 124 Å². The molecule has 5 atom stereocenters. The lowest BCUT2D eigenvalue weighted by Gasteiger charge is -2.81.